The molecule has 24 heavy (non-hydrogen) atoms. The fourth-order valence-electron chi connectivity index (χ4n) is 2.08. The number of carbonyl (C=O) groups is 2. The van der Waals surface area contributed by atoms with Gasteiger partial charge in [0.2, 0.25) is 5.91 Å². The number of amidine groups is 1. The van der Waals surface area contributed by atoms with Crippen molar-refractivity contribution in [1.82, 2.24) is 5.32 Å². The molecule has 1 atom stereocenters. The molecule has 2 amide bonds. The van der Waals surface area contributed by atoms with Gasteiger partial charge in [-0.05, 0) is 23.7 Å². The molecular formula is C13H12N4O6S. The molecule has 1 heterocycles. The van der Waals surface area contributed by atoms with E-state index in [-0.39, 0.29) is 16.0 Å². The van der Waals surface area contributed by atoms with Crippen molar-refractivity contribution in [2.75, 3.05) is 0 Å². The Kier molecular flexibility index (Phi) is 4.93. The topological polar surface area (TPSA) is 145 Å². The van der Waals surface area contributed by atoms with Crippen LogP contribution in [-0.4, -0.2) is 26.8 Å². The Morgan fingerprint density at radius 1 is 1.21 bits per heavy atom. The number of benzene rings is 1. The van der Waals surface area contributed by atoms with Crippen LogP contribution in [0.1, 0.15) is 13.8 Å². The lowest BCUT2D eigenvalue weighted by Crippen LogP contribution is -2.44. The van der Waals surface area contributed by atoms with Crippen molar-refractivity contribution < 1.29 is 19.4 Å². The average Bonchev–Trinajstić information content (AvgIpc) is 2.45. The Labute approximate surface area is 139 Å². The largest absolute Gasteiger partial charge is 0.304 e. The summed E-state index contributed by atoms with van der Waals surface area (Å²) >= 11 is 0.694. The smallest absolute Gasteiger partial charge is 0.290 e. The number of nitrogens with one attached hydrogen (secondary N) is 1. The summed E-state index contributed by atoms with van der Waals surface area (Å²) in [5.41, 5.74) is -0.943. The van der Waals surface area contributed by atoms with E-state index in [4.69, 9.17) is 0 Å². The molecule has 2 rings (SSSR count). The number of nitro benzene ring substituents is 2. The Balaban J connectivity index is 2.33. The van der Waals surface area contributed by atoms with E-state index in [1.165, 1.54) is 6.07 Å². The summed E-state index contributed by atoms with van der Waals surface area (Å²) in [6.45, 7) is 3.41. The maximum atomic E-state index is 12.0. The van der Waals surface area contributed by atoms with Crippen LogP contribution in [0, 0.1) is 32.1 Å². The molecule has 1 aromatic carbocycles. The van der Waals surface area contributed by atoms with Crippen molar-refractivity contribution >= 4 is 40.1 Å². The first-order valence-corrected chi connectivity index (χ1v) is 7.56. The van der Waals surface area contributed by atoms with Gasteiger partial charge in [-0.15, -0.1) is 0 Å². The van der Waals surface area contributed by atoms with Crippen molar-refractivity contribution in [3.05, 3.63) is 38.4 Å². The lowest BCUT2D eigenvalue weighted by molar-refractivity contribution is -0.396. The van der Waals surface area contributed by atoms with Gasteiger partial charge in [0.05, 0.1) is 20.8 Å². The minimum atomic E-state index is -0.902. The lowest BCUT2D eigenvalue weighted by atomic mass is 9.94. The Morgan fingerprint density at radius 3 is 2.38 bits per heavy atom. The molecule has 0 radical (unpaired) electrons. The van der Waals surface area contributed by atoms with Crippen LogP contribution in [0.15, 0.2) is 28.1 Å². The maximum absolute atomic E-state index is 12.0. The van der Waals surface area contributed by atoms with Crippen LogP contribution in [0.2, 0.25) is 0 Å². The molecule has 10 nitrogen and oxygen atoms in total. The number of rotatable bonds is 4. The van der Waals surface area contributed by atoms with Gasteiger partial charge in [-0.25, -0.2) is 0 Å². The van der Waals surface area contributed by atoms with E-state index in [2.05, 4.69) is 10.3 Å². The van der Waals surface area contributed by atoms with Crippen LogP contribution in [-0.2, 0) is 9.59 Å². The summed E-state index contributed by atoms with van der Waals surface area (Å²) in [6.07, 6.45) is 0. The molecule has 0 saturated carbocycles. The summed E-state index contributed by atoms with van der Waals surface area (Å²) < 4.78 is 0. The normalized spacial score (nSPS) is 17.5. The van der Waals surface area contributed by atoms with E-state index in [9.17, 15) is 29.8 Å². The standard InChI is InChI=1S/C13H12N4O6S/c1-6(2)10-11(18)14-13(15-12(10)19)24-9-4-3-7(16(20)21)5-8(9)17(22)23/h3-6,10H,1-2H3,(H,14,15,18,19). The first-order chi connectivity index (χ1) is 11.2. The molecule has 126 valence electrons. The first-order valence-electron chi connectivity index (χ1n) is 6.74. The maximum Gasteiger partial charge on any atom is 0.290 e. The van der Waals surface area contributed by atoms with Crippen molar-refractivity contribution in [2.45, 2.75) is 18.7 Å². The quantitative estimate of drug-likeness (QED) is 0.494. The number of nitrogens with zero attached hydrogens (tertiary/aromatic N) is 3. The van der Waals surface area contributed by atoms with Gasteiger partial charge in [-0.3, -0.25) is 29.8 Å². The zero-order chi connectivity index (χ0) is 18.0. The Hall–Kier alpha value is -2.82. The zero-order valence-electron chi connectivity index (χ0n) is 12.6. The molecule has 1 aromatic rings. The van der Waals surface area contributed by atoms with Crippen LogP contribution in [0.3, 0.4) is 0 Å². The summed E-state index contributed by atoms with van der Waals surface area (Å²) in [6, 6.07) is 3.08. The molecule has 1 N–H and O–H groups in total. The summed E-state index contributed by atoms with van der Waals surface area (Å²) in [5.74, 6) is -2.29. The van der Waals surface area contributed by atoms with Crippen molar-refractivity contribution in [2.24, 2.45) is 16.8 Å². The van der Waals surface area contributed by atoms with E-state index in [1.54, 1.807) is 13.8 Å². The molecule has 0 fully saturated rings. The van der Waals surface area contributed by atoms with Gasteiger partial charge >= 0.3 is 0 Å². The number of amides is 2. The SMILES string of the molecule is CC(C)C1C(=O)N=C(Sc2ccc([N+](=O)[O-])cc2[N+](=O)[O-])NC1=O. The average molecular weight is 352 g/mol. The molecule has 0 aromatic heterocycles. The predicted octanol–water partition coefficient (Wildman–Crippen LogP) is 1.88. The highest BCUT2D eigenvalue weighted by Crippen LogP contribution is 2.33. The van der Waals surface area contributed by atoms with Crippen LogP contribution >= 0.6 is 11.8 Å². The number of hydrogen-bond donors (Lipinski definition) is 1. The van der Waals surface area contributed by atoms with Crippen molar-refractivity contribution in [3.63, 3.8) is 0 Å². The van der Waals surface area contributed by atoms with Gasteiger partial charge in [-0.1, -0.05) is 13.8 Å². The third kappa shape index (κ3) is 3.56. The van der Waals surface area contributed by atoms with Crippen LogP contribution in [0.4, 0.5) is 11.4 Å². The van der Waals surface area contributed by atoms with E-state index in [0.717, 1.165) is 12.1 Å². The third-order valence-electron chi connectivity index (χ3n) is 3.21. The molecule has 0 bridgehead atoms. The molecular weight excluding hydrogens is 340 g/mol. The monoisotopic (exact) mass is 352 g/mol. The third-order valence-corrected chi connectivity index (χ3v) is 4.17. The van der Waals surface area contributed by atoms with E-state index >= 15 is 0 Å². The number of carbonyl (C=O) groups excluding carboxylic acids is 2. The molecule has 0 saturated heterocycles. The number of aliphatic imine (C=N–C) groups is 1. The minimum Gasteiger partial charge on any atom is -0.304 e. The predicted molar refractivity (Wildman–Crippen MR) is 84.5 cm³/mol. The molecule has 11 heteroatoms. The van der Waals surface area contributed by atoms with Gasteiger partial charge in [0.25, 0.3) is 17.3 Å². The Morgan fingerprint density at radius 2 is 1.88 bits per heavy atom. The van der Waals surface area contributed by atoms with Crippen LogP contribution in [0.25, 0.3) is 0 Å². The van der Waals surface area contributed by atoms with Gasteiger partial charge in [0, 0.05) is 6.07 Å². The highest BCUT2D eigenvalue weighted by atomic mass is 32.2. The molecule has 1 aliphatic heterocycles. The van der Waals surface area contributed by atoms with Gasteiger partial charge in [-0.2, -0.15) is 4.99 Å². The second-order valence-corrected chi connectivity index (χ2v) is 6.27. The second kappa shape index (κ2) is 6.74. The van der Waals surface area contributed by atoms with Gasteiger partial charge in [0.1, 0.15) is 5.92 Å². The van der Waals surface area contributed by atoms with E-state index in [0.29, 0.717) is 11.8 Å². The molecule has 1 unspecified atom stereocenters. The molecule has 0 aliphatic carbocycles. The van der Waals surface area contributed by atoms with Gasteiger partial charge < -0.3 is 5.32 Å². The first kappa shape index (κ1) is 17.5. The number of nitro groups is 2. The lowest BCUT2D eigenvalue weighted by Gasteiger charge is -2.21. The molecule has 0 spiro atoms. The zero-order valence-corrected chi connectivity index (χ0v) is 13.4. The Bertz CT molecular complexity index is 776. The van der Waals surface area contributed by atoms with Crippen molar-refractivity contribution in [1.29, 1.82) is 0 Å². The van der Waals surface area contributed by atoms with Crippen LogP contribution in [0.5, 0.6) is 0 Å². The number of hydrogen-bond acceptors (Lipinski definition) is 7. The number of thioether (sulfide) groups is 1. The minimum absolute atomic E-state index is 0.0282. The van der Waals surface area contributed by atoms with Crippen molar-refractivity contribution in [3.8, 4) is 0 Å². The van der Waals surface area contributed by atoms with Crippen LogP contribution < -0.4 is 5.32 Å². The summed E-state index contributed by atoms with van der Waals surface area (Å²) in [5, 5.41) is 24.1. The summed E-state index contributed by atoms with van der Waals surface area (Å²) in [7, 11) is 0. The highest BCUT2D eigenvalue weighted by Gasteiger charge is 2.35. The van der Waals surface area contributed by atoms with E-state index < -0.39 is 39.0 Å². The van der Waals surface area contributed by atoms with E-state index in [1.807, 2.05) is 0 Å². The fraction of sp³-hybridized carbons (Fsp3) is 0.308. The second-order valence-electron chi connectivity index (χ2n) is 5.23. The fourth-order valence-corrected chi connectivity index (χ4v) is 2.95. The van der Waals surface area contributed by atoms with Gasteiger partial charge in [0.15, 0.2) is 5.17 Å². The summed E-state index contributed by atoms with van der Waals surface area (Å²) in [4.78, 5) is 47.9. The highest BCUT2D eigenvalue weighted by molar-refractivity contribution is 8.14. The number of non-ortho nitro benzene ring substituents is 1. The molecule has 1 aliphatic rings.